The molecule has 1 aromatic heterocycles. The highest BCUT2D eigenvalue weighted by Gasteiger charge is 2.15. The Hall–Kier alpha value is -1.61. The molecule has 0 aliphatic rings. The van der Waals surface area contributed by atoms with Crippen molar-refractivity contribution < 1.29 is 9.53 Å². The number of methoxy groups -OCH3 is 1. The van der Waals surface area contributed by atoms with E-state index in [4.69, 9.17) is 4.74 Å². The van der Waals surface area contributed by atoms with Crippen molar-refractivity contribution in [2.24, 2.45) is 0 Å². The summed E-state index contributed by atoms with van der Waals surface area (Å²) in [5.74, 6) is -0.412. The number of rotatable bonds is 3. The van der Waals surface area contributed by atoms with Crippen molar-refractivity contribution in [2.75, 3.05) is 7.11 Å². The molecule has 2 rings (SSSR count). The second kappa shape index (κ2) is 5.15. The summed E-state index contributed by atoms with van der Waals surface area (Å²) in [7, 11) is 1.42. The first-order valence-corrected chi connectivity index (χ1v) is 6.37. The second-order valence-corrected chi connectivity index (χ2v) is 4.66. The molecule has 1 heterocycles. The van der Waals surface area contributed by atoms with Crippen molar-refractivity contribution in [3.05, 3.63) is 46.7 Å². The standard InChI is InChI=1S/C14H14O2S/c1-10(14(15)16-2)11-3-5-12(6-4-11)13-7-8-17-9-13/h3-10H,1-2H3/t10-/m0/s1. The Bertz CT molecular complexity index is 485. The van der Waals surface area contributed by atoms with Crippen molar-refractivity contribution in [1.82, 2.24) is 0 Å². The molecule has 0 radical (unpaired) electrons. The largest absolute Gasteiger partial charge is 0.469 e. The van der Waals surface area contributed by atoms with Crippen LogP contribution in [0.15, 0.2) is 41.1 Å². The molecule has 0 aliphatic heterocycles. The maximum absolute atomic E-state index is 11.4. The zero-order chi connectivity index (χ0) is 12.3. The Labute approximate surface area is 105 Å². The third-order valence-electron chi connectivity index (χ3n) is 2.82. The predicted molar refractivity (Wildman–Crippen MR) is 70.2 cm³/mol. The van der Waals surface area contributed by atoms with E-state index in [9.17, 15) is 4.79 Å². The molecule has 0 aliphatic carbocycles. The van der Waals surface area contributed by atoms with Crippen LogP contribution in [-0.2, 0) is 9.53 Å². The van der Waals surface area contributed by atoms with Crippen molar-refractivity contribution in [1.29, 1.82) is 0 Å². The molecular weight excluding hydrogens is 232 g/mol. The molecule has 0 bridgehead atoms. The number of hydrogen-bond donors (Lipinski definition) is 0. The number of hydrogen-bond acceptors (Lipinski definition) is 3. The van der Waals surface area contributed by atoms with Gasteiger partial charge in [-0.25, -0.2) is 0 Å². The van der Waals surface area contributed by atoms with Crippen LogP contribution in [-0.4, -0.2) is 13.1 Å². The minimum atomic E-state index is -0.212. The minimum Gasteiger partial charge on any atom is -0.469 e. The fraction of sp³-hybridized carbons (Fsp3) is 0.214. The SMILES string of the molecule is COC(=O)[C@@H](C)c1ccc(-c2ccsc2)cc1. The van der Waals surface area contributed by atoms with E-state index in [2.05, 4.69) is 16.8 Å². The molecule has 0 N–H and O–H groups in total. The third kappa shape index (κ3) is 2.56. The minimum absolute atomic E-state index is 0.201. The molecule has 0 unspecified atom stereocenters. The van der Waals surface area contributed by atoms with Gasteiger partial charge in [0.2, 0.25) is 0 Å². The quantitative estimate of drug-likeness (QED) is 0.772. The topological polar surface area (TPSA) is 26.3 Å². The average Bonchev–Trinajstić information content (AvgIpc) is 2.91. The first-order valence-electron chi connectivity index (χ1n) is 5.42. The van der Waals surface area contributed by atoms with Gasteiger partial charge in [-0.2, -0.15) is 11.3 Å². The van der Waals surface area contributed by atoms with Crippen molar-refractivity contribution >= 4 is 17.3 Å². The van der Waals surface area contributed by atoms with E-state index in [0.29, 0.717) is 0 Å². The fourth-order valence-electron chi connectivity index (χ4n) is 1.71. The van der Waals surface area contributed by atoms with E-state index >= 15 is 0 Å². The maximum Gasteiger partial charge on any atom is 0.312 e. The molecule has 2 nitrogen and oxygen atoms in total. The first-order chi connectivity index (χ1) is 8.22. The highest BCUT2D eigenvalue weighted by molar-refractivity contribution is 7.08. The molecule has 88 valence electrons. The van der Waals surface area contributed by atoms with Crippen LogP contribution < -0.4 is 0 Å². The summed E-state index contributed by atoms with van der Waals surface area (Å²) in [6.45, 7) is 1.85. The molecule has 2 aromatic rings. The number of esters is 1. The molecule has 0 saturated carbocycles. The first kappa shape index (κ1) is 11.9. The molecule has 0 fully saturated rings. The molecule has 0 amide bonds. The van der Waals surface area contributed by atoms with Gasteiger partial charge in [0.05, 0.1) is 13.0 Å². The van der Waals surface area contributed by atoms with Crippen LogP contribution in [0.1, 0.15) is 18.4 Å². The Morgan fingerprint density at radius 1 is 1.18 bits per heavy atom. The normalized spacial score (nSPS) is 12.1. The van der Waals surface area contributed by atoms with Crippen LogP contribution in [0.4, 0.5) is 0 Å². The third-order valence-corrected chi connectivity index (χ3v) is 3.50. The number of benzene rings is 1. The van der Waals surface area contributed by atoms with E-state index in [-0.39, 0.29) is 11.9 Å². The van der Waals surface area contributed by atoms with Crippen LogP contribution in [0.25, 0.3) is 11.1 Å². The monoisotopic (exact) mass is 246 g/mol. The average molecular weight is 246 g/mol. The van der Waals surface area contributed by atoms with Gasteiger partial charge in [-0.05, 0) is 40.4 Å². The van der Waals surface area contributed by atoms with Gasteiger partial charge in [0.25, 0.3) is 0 Å². The molecule has 0 saturated heterocycles. The van der Waals surface area contributed by atoms with Gasteiger partial charge in [0.1, 0.15) is 0 Å². The number of ether oxygens (including phenoxy) is 1. The Morgan fingerprint density at radius 2 is 1.88 bits per heavy atom. The summed E-state index contributed by atoms with van der Waals surface area (Å²) in [5, 5.41) is 4.17. The van der Waals surface area contributed by atoms with Crippen LogP contribution >= 0.6 is 11.3 Å². The zero-order valence-corrected chi connectivity index (χ0v) is 10.7. The summed E-state index contributed by atoms with van der Waals surface area (Å²) in [6.07, 6.45) is 0. The lowest BCUT2D eigenvalue weighted by molar-refractivity contribution is -0.141. The van der Waals surface area contributed by atoms with Gasteiger partial charge in [-0.3, -0.25) is 4.79 Å². The number of carbonyl (C=O) groups excluding carboxylic acids is 1. The van der Waals surface area contributed by atoms with Gasteiger partial charge in [0.15, 0.2) is 0 Å². The van der Waals surface area contributed by atoms with E-state index < -0.39 is 0 Å². The van der Waals surface area contributed by atoms with Crippen molar-refractivity contribution in [3.8, 4) is 11.1 Å². The summed E-state index contributed by atoms with van der Waals surface area (Å²) >= 11 is 1.68. The summed E-state index contributed by atoms with van der Waals surface area (Å²) < 4.78 is 4.73. The number of thiophene rings is 1. The highest BCUT2D eigenvalue weighted by Crippen LogP contribution is 2.24. The Balaban J connectivity index is 2.21. The van der Waals surface area contributed by atoms with Gasteiger partial charge in [0, 0.05) is 0 Å². The van der Waals surface area contributed by atoms with Crippen LogP contribution in [0.5, 0.6) is 0 Å². The number of carbonyl (C=O) groups is 1. The smallest absolute Gasteiger partial charge is 0.312 e. The lowest BCUT2D eigenvalue weighted by Gasteiger charge is -2.09. The predicted octanol–water partition coefficient (Wildman–Crippen LogP) is 3.69. The van der Waals surface area contributed by atoms with Crippen LogP contribution in [0.3, 0.4) is 0 Å². The van der Waals surface area contributed by atoms with Crippen molar-refractivity contribution in [3.63, 3.8) is 0 Å². The van der Waals surface area contributed by atoms with E-state index in [1.807, 2.05) is 31.2 Å². The van der Waals surface area contributed by atoms with E-state index in [0.717, 1.165) is 5.56 Å². The maximum atomic E-state index is 11.4. The van der Waals surface area contributed by atoms with Crippen molar-refractivity contribution in [2.45, 2.75) is 12.8 Å². The fourth-order valence-corrected chi connectivity index (χ4v) is 2.37. The van der Waals surface area contributed by atoms with Gasteiger partial charge in [-0.1, -0.05) is 24.3 Å². The molecule has 1 atom stereocenters. The summed E-state index contributed by atoms with van der Waals surface area (Å²) in [4.78, 5) is 11.4. The lowest BCUT2D eigenvalue weighted by atomic mass is 9.98. The van der Waals surface area contributed by atoms with Crippen LogP contribution in [0.2, 0.25) is 0 Å². The Morgan fingerprint density at radius 3 is 2.41 bits per heavy atom. The van der Waals surface area contributed by atoms with Crippen LogP contribution in [0, 0.1) is 0 Å². The molecule has 1 aromatic carbocycles. The Kier molecular flexibility index (Phi) is 3.59. The van der Waals surface area contributed by atoms with E-state index in [1.54, 1.807) is 11.3 Å². The summed E-state index contributed by atoms with van der Waals surface area (Å²) in [5.41, 5.74) is 3.37. The van der Waals surface area contributed by atoms with Gasteiger partial charge in [-0.15, -0.1) is 0 Å². The van der Waals surface area contributed by atoms with Gasteiger partial charge < -0.3 is 4.74 Å². The lowest BCUT2D eigenvalue weighted by Crippen LogP contribution is -2.10. The molecule has 17 heavy (non-hydrogen) atoms. The molecule has 3 heteroatoms. The summed E-state index contributed by atoms with van der Waals surface area (Å²) in [6, 6.07) is 10.1. The highest BCUT2D eigenvalue weighted by atomic mass is 32.1. The van der Waals surface area contributed by atoms with Gasteiger partial charge >= 0.3 is 5.97 Å². The zero-order valence-electron chi connectivity index (χ0n) is 9.84. The molecular formula is C14H14O2S. The second-order valence-electron chi connectivity index (χ2n) is 3.88. The van der Waals surface area contributed by atoms with E-state index in [1.165, 1.54) is 18.2 Å². The molecule has 0 spiro atoms.